The van der Waals surface area contributed by atoms with E-state index in [0.29, 0.717) is 5.75 Å². The van der Waals surface area contributed by atoms with Gasteiger partial charge in [0.05, 0.1) is 17.0 Å². The van der Waals surface area contributed by atoms with Crippen LogP contribution in [-0.2, 0) is 4.79 Å². The Hall–Kier alpha value is -3.27. The van der Waals surface area contributed by atoms with Crippen LogP contribution < -0.4 is 4.74 Å². The van der Waals surface area contributed by atoms with Crippen LogP contribution in [0.2, 0.25) is 0 Å². The summed E-state index contributed by atoms with van der Waals surface area (Å²) in [5.74, 6) is -1.41. The minimum atomic E-state index is -0.842. The number of nitro groups is 1. The fourth-order valence-corrected chi connectivity index (χ4v) is 3.09. The molecule has 150 valence electrons. The van der Waals surface area contributed by atoms with Crippen molar-refractivity contribution in [2.75, 3.05) is 26.7 Å². The summed E-state index contributed by atoms with van der Waals surface area (Å²) in [6, 6.07) is 11.0. The van der Waals surface area contributed by atoms with Gasteiger partial charge in [-0.25, -0.2) is 0 Å². The van der Waals surface area contributed by atoms with Gasteiger partial charge in [-0.3, -0.25) is 29.4 Å². The molecule has 0 bridgehead atoms. The number of rotatable bonds is 7. The number of nitrogens with zero attached hydrogens (tertiary/aromatic N) is 3. The third-order valence-corrected chi connectivity index (χ3v) is 4.93. The summed E-state index contributed by atoms with van der Waals surface area (Å²) >= 11 is 3.32. The van der Waals surface area contributed by atoms with Crippen LogP contribution in [-0.4, -0.2) is 59.2 Å². The first-order chi connectivity index (χ1) is 13.8. The molecule has 29 heavy (non-hydrogen) atoms. The zero-order chi connectivity index (χ0) is 21.1. The lowest BCUT2D eigenvalue weighted by molar-refractivity contribution is -0.385. The van der Waals surface area contributed by atoms with Crippen molar-refractivity contribution in [3.8, 4) is 5.75 Å². The summed E-state index contributed by atoms with van der Waals surface area (Å²) in [6.07, 6.45) is 0. The second-order valence-corrected chi connectivity index (χ2v) is 7.19. The molecule has 1 heterocycles. The molecule has 9 nitrogen and oxygen atoms in total. The molecule has 0 N–H and O–H groups in total. The standard InChI is InChI=1S/C19H16BrN3O6/c1-21(9-10-29-13-7-5-12(20)6-8-13)16(24)11-22-18(25)14-3-2-4-15(23(27)28)17(14)19(22)26/h2-8H,9-11H2,1H3. The molecule has 1 aliphatic heterocycles. The third kappa shape index (κ3) is 4.27. The van der Waals surface area contributed by atoms with Gasteiger partial charge < -0.3 is 9.64 Å². The number of carbonyl (C=O) groups is 3. The summed E-state index contributed by atoms with van der Waals surface area (Å²) in [6.45, 7) is -0.0477. The van der Waals surface area contributed by atoms with E-state index in [9.17, 15) is 24.5 Å². The topological polar surface area (TPSA) is 110 Å². The number of likely N-dealkylation sites (N-methyl/N-ethyl adjacent to an activating group) is 1. The Balaban J connectivity index is 1.60. The number of ether oxygens (including phenoxy) is 1. The molecule has 0 radical (unpaired) electrons. The maximum Gasteiger partial charge on any atom is 0.282 e. The third-order valence-electron chi connectivity index (χ3n) is 4.40. The summed E-state index contributed by atoms with van der Waals surface area (Å²) in [5.41, 5.74) is -0.804. The van der Waals surface area contributed by atoms with Gasteiger partial charge in [-0.2, -0.15) is 0 Å². The minimum Gasteiger partial charge on any atom is -0.492 e. The minimum absolute atomic E-state index is 0.0711. The van der Waals surface area contributed by atoms with Crippen molar-refractivity contribution in [1.29, 1.82) is 0 Å². The van der Waals surface area contributed by atoms with Crippen LogP contribution >= 0.6 is 15.9 Å². The van der Waals surface area contributed by atoms with Crippen molar-refractivity contribution in [3.63, 3.8) is 0 Å². The first-order valence-corrected chi connectivity index (χ1v) is 9.35. The Labute approximate surface area is 174 Å². The Morgan fingerprint density at radius 3 is 2.52 bits per heavy atom. The number of imide groups is 1. The van der Waals surface area contributed by atoms with Gasteiger partial charge in [-0.15, -0.1) is 0 Å². The molecule has 1 aliphatic rings. The van der Waals surface area contributed by atoms with Gasteiger partial charge >= 0.3 is 0 Å². The number of amides is 3. The molecule has 0 spiro atoms. The van der Waals surface area contributed by atoms with E-state index < -0.39 is 34.9 Å². The van der Waals surface area contributed by atoms with E-state index in [-0.39, 0.29) is 24.3 Å². The molecule has 0 aliphatic carbocycles. The lowest BCUT2D eigenvalue weighted by atomic mass is 10.1. The summed E-state index contributed by atoms with van der Waals surface area (Å²) in [5, 5.41) is 11.1. The number of hydrogen-bond acceptors (Lipinski definition) is 6. The number of benzene rings is 2. The second kappa shape index (κ2) is 8.39. The molecule has 0 aromatic heterocycles. The van der Waals surface area contributed by atoms with Gasteiger partial charge in [0.2, 0.25) is 5.91 Å². The molecule has 10 heteroatoms. The normalized spacial score (nSPS) is 12.7. The fraction of sp³-hybridized carbons (Fsp3) is 0.211. The highest BCUT2D eigenvalue weighted by molar-refractivity contribution is 9.10. The highest BCUT2D eigenvalue weighted by atomic mass is 79.9. The van der Waals surface area contributed by atoms with E-state index in [1.54, 1.807) is 12.1 Å². The largest absolute Gasteiger partial charge is 0.492 e. The highest BCUT2D eigenvalue weighted by Gasteiger charge is 2.41. The molecule has 2 aromatic carbocycles. The first-order valence-electron chi connectivity index (χ1n) is 8.55. The van der Waals surface area contributed by atoms with Crippen LogP contribution in [0.4, 0.5) is 5.69 Å². The van der Waals surface area contributed by atoms with E-state index in [0.717, 1.165) is 15.4 Å². The first kappa shape index (κ1) is 20.5. The molecule has 0 atom stereocenters. The van der Waals surface area contributed by atoms with Crippen molar-refractivity contribution in [1.82, 2.24) is 9.80 Å². The number of fused-ring (bicyclic) bond motifs is 1. The average Bonchev–Trinajstić information content (AvgIpc) is 2.94. The number of nitro benzene ring substituents is 1. The Bertz CT molecular complexity index is 992. The maximum atomic E-state index is 12.5. The zero-order valence-corrected chi connectivity index (χ0v) is 16.9. The Morgan fingerprint density at radius 2 is 1.86 bits per heavy atom. The molecule has 3 rings (SSSR count). The van der Waals surface area contributed by atoms with Crippen LogP contribution in [0, 0.1) is 10.1 Å². The second-order valence-electron chi connectivity index (χ2n) is 6.27. The number of carbonyl (C=O) groups excluding carboxylic acids is 3. The van der Waals surface area contributed by atoms with Crippen molar-refractivity contribution in [3.05, 3.63) is 68.2 Å². The van der Waals surface area contributed by atoms with E-state index in [1.165, 1.54) is 24.1 Å². The Kier molecular flexibility index (Phi) is 5.92. The van der Waals surface area contributed by atoms with Gasteiger partial charge in [0, 0.05) is 17.6 Å². The zero-order valence-electron chi connectivity index (χ0n) is 15.3. The van der Waals surface area contributed by atoms with Crippen LogP contribution in [0.25, 0.3) is 0 Å². The molecule has 2 aromatic rings. The van der Waals surface area contributed by atoms with Gasteiger partial charge in [-0.05, 0) is 30.3 Å². The average molecular weight is 462 g/mol. The molecular weight excluding hydrogens is 446 g/mol. The molecule has 0 fully saturated rings. The van der Waals surface area contributed by atoms with Crippen LogP contribution in [0.3, 0.4) is 0 Å². The van der Waals surface area contributed by atoms with E-state index >= 15 is 0 Å². The lowest BCUT2D eigenvalue weighted by Gasteiger charge is -2.20. The van der Waals surface area contributed by atoms with E-state index in [4.69, 9.17) is 4.74 Å². The Morgan fingerprint density at radius 1 is 1.17 bits per heavy atom. The predicted molar refractivity (Wildman–Crippen MR) is 106 cm³/mol. The van der Waals surface area contributed by atoms with Crippen LogP contribution in [0.5, 0.6) is 5.75 Å². The molecule has 0 saturated carbocycles. The molecule has 0 saturated heterocycles. The summed E-state index contributed by atoms with van der Waals surface area (Å²) < 4.78 is 6.46. The van der Waals surface area contributed by atoms with Crippen LogP contribution in [0.15, 0.2) is 46.9 Å². The van der Waals surface area contributed by atoms with Crippen molar-refractivity contribution in [2.24, 2.45) is 0 Å². The summed E-state index contributed by atoms with van der Waals surface area (Å²) in [4.78, 5) is 49.9. The van der Waals surface area contributed by atoms with Crippen molar-refractivity contribution >= 4 is 39.3 Å². The van der Waals surface area contributed by atoms with E-state index in [1.807, 2.05) is 12.1 Å². The molecule has 0 unspecified atom stereocenters. The van der Waals surface area contributed by atoms with Crippen molar-refractivity contribution < 1.29 is 24.0 Å². The molecule has 3 amide bonds. The van der Waals surface area contributed by atoms with Crippen LogP contribution in [0.1, 0.15) is 20.7 Å². The van der Waals surface area contributed by atoms with Gasteiger partial charge in [0.1, 0.15) is 24.5 Å². The fourth-order valence-electron chi connectivity index (χ4n) is 2.82. The highest BCUT2D eigenvalue weighted by Crippen LogP contribution is 2.30. The van der Waals surface area contributed by atoms with E-state index in [2.05, 4.69) is 15.9 Å². The SMILES string of the molecule is CN(CCOc1ccc(Br)cc1)C(=O)CN1C(=O)c2cccc([N+](=O)[O-])c2C1=O. The monoisotopic (exact) mass is 461 g/mol. The predicted octanol–water partition coefficient (Wildman–Crippen LogP) is 2.49. The quantitative estimate of drug-likeness (QED) is 0.355. The lowest BCUT2D eigenvalue weighted by Crippen LogP contribution is -2.42. The smallest absolute Gasteiger partial charge is 0.282 e. The van der Waals surface area contributed by atoms with Crippen molar-refractivity contribution in [2.45, 2.75) is 0 Å². The number of hydrogen-bond donors (Lipinski definition) is 0. The van der Waals surface area contributed by atoms with Gasteiger partial charge in [0.15, 0.2) is 0 Å². The molecular formula is C19H16BrN3O6. The van der Waals surface area contributed by atoms with Gasteiger partial charge in [0.25, 0.3) is 17.5 Å². The number of halogens is 1. The summed E-state index contributed by atoms with van der Waals surface area (Å²) in [7, 11) is 1.52. The van der Waals surface area contributed by atoms with Gasteiger partial charge in [-0.1, -0.05) is 22.0 Å². The maximum absolute atomic E-state index is 12.5.